The predicted octanol–water partition coefficient (Wildman–Crippen LogP) is 3.04. The Kier molecular flexibility index (Phi) is 3.95. The van der Waals surface area contributed by atoms with Crippen molar-refractivity contribution in [3.8, 4) is 0 Å². The molecule has 2 rings (SSSR count). The Balaban J connectivity index is 1.74. The molecule has 1 fully saturated rings. The van der Waals surface area contributed by atoms with E-state index in [1.807, 2.05) is 11.8 Å². The van der Waals surface area contributed by atoms with Gasteiger partial charge in [-0.1, -0.05) is 38.5 Å². The van der Waals surface area contributed by atoms with Crippen LogP contribution in [0.3, 0.4) is 0 Å². The number of nitrogens with one attached hydrogen (secondary N) is 1. The third-order valence-electron chi connectivity index (χ3n) is 3.31. The minimum atomic E-state index is 0.666. The van der Waals surface area contributed by atoms with Gasteiger partial charge < -0.3 is 5.32 Å². The molecule has 2 atom stereocenters. The molecule has 0 aromatic rings. The summed E-state index contributed by atoms with van der Waals surface area (Å²) < 4.78 is 0. The molecule has 0 aromatic heterocycles. The Labute approximate surface area is 97.3 Å². The lowest BCUT2D eigenvalue weighted by molar-refractivity contribution is 0.513. The van der Waals surface area contributed by atoms with E-state index in [-0.39, 0.29) is 0 Å². The van der Waals surface area contributed by atoms with E-state index in [2.05, 4.69) is 24.2 Å². The van der Waals surface area contributed by atoms with Gasteiger partial charge in [0.25, 0.3) is 0 Å². The highest BCUT2D eigenvalue weighted by molar-refractivity contribution is 8.14. The highest BCUT2D eigenvalue weighted by Crippen LogP contribution is 2.34. The third-order valence-corrected chi connectivity index (χ3v) is 4.59. The van der Waals surface area contributed by atoms with Crippen molar-refractivity contribution in [2.75, 3.05) is 6.54 Å². The Morgan fingerprint density at radius 1 is 1.47 bits per heavy atom. The number of hydrogen-bond donors (Lipinski definition) is 1. The average Bonchev–Trinajstić information content (AvgIpc) is 2.95. The van der Waals surface area contributed by atoms with Gasteiger partial charge in [-0.2, -0.15) is 0 Å². The minimum Gasteiger partial charge on any atom is -0.362 e. The van der Waals surface area contributed by atoms with E-state index >= 15 is 0 Å². The number of hydrogen-bond acceptors (Lipinski definition) is 3. The van der Waals surface area contributed by atoms with Crippen LogP contribution in [0.1, 0.15) is 46.0 Å². The first kappa shape index (κ1) is 11.3. The molecule has 86 valence electrons. The first-order chi connectivity index (χ1) is 7.31. The van der Waals surface area contributed by atoms with Crippen molar-refractivity contribution in [3.63, 3.8) is 0 Å². The Hall–Kier alpha value is -0.180. The van der Waals surface area contributed by atoms with Crippen molar-refractivity contribution in [1.29, 1.82) is 0 Å². The van der Waals surface area contributed by atoms with Gasteiger partial charge >= 0.3 is 0 Å². The second kappa shape index (κ2) is 5.24. The van der Waals surface area contributed by atoms with E-state index in [0.717, 1.165) is 17.7 Å². The Morgan fingerprint density at radius 3 is 2.80 bits per heavy atom. The van der Waals surface area contributed by atoms with Crippen LogP contribution in [-0.4, -0.2) is 23.0 Å². The zero-order valence-corrected chi connectivity index (χ0v) is 10.6. The SMILES string of the molecule is CCC(CC1CC1)NC1=NCC(CC)S1. The molecule has 1 aliphatic heterocycles. The number of aliphatic imine (C=N–C) groups is 1. The fourth-order valence-corrected chi connectivity index (χ4v) is 2.98. The fraction of sp³-hybridized carbons (Fsp3) is 0.917. The second-order valence-electron chi connectivity index (χ2n) is 4.72. The van der Waals surface area contributed by atoms with Crippen molar-refractivity contribution in [1.82, 2.24) is 5.32 Å². The summed E-state index contributed by atoms with van der Waals surface area (Å²) in [5, 5.41) is 5.55. The van der Waals surface area contributed by atoms with Gasteiger partial charge in [-0.3, -0.25) is 4.99 Å². The van der Waals surface area contributed by atoms with Crippen LogP contribution in [0.15, 0.2) is 4.99 Å². The molecule has 0 spiro atoms. The Morgan fingerprint density at radius 2 is 2.27 bits per heavy atom. The molecule has 3 heteroatoms. The number of rotatable bonds is 5. The summed E-state index contributed by atoms with van der Waals surface area (Å²) in [5.74, 6) is 1.01. The molecular weight excluding hydrogens is 204 g/mol. The quantitative estimate of drug-likeness (QED) is 0.779. The molecule has 0 bridgehead atoms. The number of thioether (sulfide) groups is 1. The molecule has 0 saturated heterocycles. The van der Waals surface area contributed by atoms with Crippen LogP contribution in [-0.2, 0) is 0 Å². The summed E-state index contributed by atoms with van der Waals surface area (Å²) in [6.45, 7) is 5.54. The third kappa shape index (κ3) is 3.40. The van der Waals surface area contributed by atoms with Gasteiger partial charge in [0, 0.05) is 11.3 Å². The first-order valence-electron chi connectivity index (χ1n) is 6.29. The number of amidine groups is 1. The van der Waals surface area contributed by atoms with E-state index in [9.17, 15) is 0 Å². The smallest absolute Gasteiger partial charge is 0.157 e. The van der Waals surface area contributed by atoms with Gasteiger partial charge in [-0.05, 0) is 25.2 Å². The predicted molar refractivity (Wildman–Crippen MR) is 68.5 cm³/mol. The molecule has 0 aromatic carbocycles. The lowest BCUT2D eigenvalue weighted by Gasteiger charge is -2.17. The molecule has 0 radical (unpaired) electrons. The summed E-state index contributed by atoms with van der Waals surface area (Å²) in [6, 6.07) is 0.666. The molecule has 2 nitrogen and oxygen atoms in total. The largest absolute Gasteiger partial charge is 0.362 e. The van der Waals surface area contributed by atoms with Crippen LogP contribution in [0.4, 0.5) is 0 Å². The van der Waals surface area contributed by atoms with Crippen molar-refractivity contribution in [2.24, 2.45) is 10.9 Å². The summed E-state index contributed by atoms with van der Waals surface area (Å²) in [4.78, 5) is 4.57. The normalized spacial score (nSPS) is 27.6. The maximum atomic E-state index is 4.57. The fourth-order valence-electron chi connectivity index (χ4n) is 1.97. The van der Waals surface area contributed by atoms with Crippen molar-refractivity contribution >= 4 is 16.9 Å². The van der Waals surface area contributed by atoms with Crippen LogP contribution in [0.25, 0.3) is 0 Å². The van der Waals surface area contributed by atoms with Gasteiger partial charge in [-0.15, -0.1) is 0 Å². The summed E-state index contributed by atoms with van der Waals surface area (Å²) in [7, 11) is 0. The van der Waals surface area contributed by atoms with Gasteiger partial charge in [0.05, 0.1) is 6.54 Å². The van der Waals surface area contributed by atoms with Gasteiger partial charge in [0.2, 0.25) is 0 Å². The molecule has 1 N–H and O–H groups in total. The standard InChI is InChI=1S/C12H22N2S/c1-3-10(7-9-5-6-9)14-12-13-8-11(4-2)15-12/h9-11H,3-8H2,1-2H3,(H,13,14). The molecule has 15 heavy (non-hydrogen) atoms. The van der Waals surface area contributed by atoms with E-state index < -0.39 is 0 Å². The summed E-state index contributed by atoms with van der Waals surface area (Å²) in [5.41, 5.74) is 0. The topological polar surface area (TPSA) is 24.4 Å². The van der Waals surface area contributed by atoms with Crippen molar-refractivity contribution in [3.05, 3.63) is 0 Å². The molecule has 1 heterocycles. The van der Waals surface area contributed by atoms with Gasteiger partial charge in [-0.25, -0.2) is 0 Å². The van der Waals surface area contributed by atoms with Crippen molar-refractivity contribution in [2.45, 2.75) is 57.2 Å². The van der Waals surface area contributed by atoms with Crippen LogP contribution in [0, 0.1) is 5.92 Å². The van der Waals surface area contributed by atoms with E-state index in [0.29, 0.717) is 6.04 Å². The molecule has 1 saturated carbocycles. The second-order valence-corrected chi connectivity index (χ2v) is 6.01. The van der Waals surface area contributed by atoms with Crippen LogP contribution >= 0.6 is 11.8 Å². The van der Waals surface area contributed by atoms with E-state index in [4.69, 9.17) is 0 Å². The van der Waals surface area contributed by atoms with Crippen molar-refractivity contribution < 1.29 is 0 Å². The molecule has 1 aliphatic carbocycles. The zero-order chi connectivity index (χ0) is 10.7. The lowest BCUT2D eigenvalue weighted by atomic mass is 10.1. The maximum absolute atomic E-state index is 4.57. The maximum Gasteiger partial charge on any atom is 0.157 e. The minimum absolute atomic E-state index is 0.666. The molecule has 2 aliphatic rings. The van der Waals surface area contributed by atoms with Crippen LogP contribution in [0.2, 0.25) is 0 Å². The first-order valence-corrected chi connectivity index (χ1v) is 7.17. The van der Waals surface area contributed by atoms with Crippen LogP contribution < -0.4 is 5.32 Å². The van der Waals surface area contributed by atoms with Gasteiger partial charge in [0.1, 0.15) is 0 Å². The van der Waals surface area contributed by atoms with E-state index in [1.54, 1.807) is 0 Å². The molecule has 2 unspecified atom stereocenters. The summed E-state index contributed by atoms with van der Waals surface area (Å²) in [6.07, 6.45) is 6.73. The Bertz CT molecular complexity index is 236. The monoisotopic (exact) mass is 226 g/mol. The zero-order valence-electron chi connectivity index (χ0n) is 9.83. The van der Waals surface area contributed by atoms with Gasteiger partial charge in [0.15, 0.2) is 5.17 Å². The van der Waals surface area contributed by atoms with Crippen LogP contribution in [0.5, 0.6) is 0 Å². The number of nitrogens with zero attached hydrogens (tertiary/aromatic N) is 1. The lowest BCUT2D eigenvalue weighted by Crippen LogP contribution is -2.32. The molecular formula is C12H22N2S. The molecule has 0 amide bonds. The average molecular weight is 226 g/mol. The highest BCUT2D eigenvalue weighted by Gasteiger charge is 2.26. The van der Waals surface area contributed by atoms with E-state index in [1.165, 1.54) is 37.3 Å². The highest BCUT2D eigenvalue weighted by atomic mass is 32.2. The summed E-state index contributed by atoms with van der Waals surface area (Å²) >= 11 is 1.94.